The normalized spacial score (nSPS) is 25.9. The second kappa shape index (κ2) is 3.77. The van der Waals surface area contributed by atoms with Crippen LogP contribution < -0.4 is 10.6 Å². The van der Waals surface area contributed by atoms with Gasteiger partial charge in [-0.1, -0.05) is 6.92 Å². The van der Waals surface area contributed by atoms with Crippen molar-refractivity contribution in [3.8, 4) is 0 Å². The van der Waals surface area contributed by atoms with Gasteiger partial charge in [0.1, 0.15) is 0 Å². The molecular weight excluding hydrogens is 188 g/mol. The molecule has 1 aromatic rings. The Balaban J connectivity index is 2.14. The maximum absolute atomic E-state index is 5.77. The third-order valence-corrected chi connectivity index (χ3v) is 3.12. The summed E-state index contributed by atoms with van der Waals surface area (Å²) in [6.45, 7) is 6.92. The van der Waals surface area contributed by atoms with Crippen LogP contribution in [0.2, 0.25) is 0 Å². The zero-order valence-corrected chi connectivity index (χ0v) is 9.40. The third-order valence-electron chi connectivity index (χ3n) is 3.12. The number of nitrogens with zero attached hydrogens (tertiary/aromatic N) is 3. The summed E-state index contributed by atoms with van der Waals surface area (Å²) in [5.41, 5.74) is 7.02. The molecular formula is C11H18N4. The summed E-state index contributed by atoms with van der Waals surface area (Å²) in [5.74, 6) is 0.840. The van der Waals surface area contributed by atoms with Gasteiger partial charge in [0.25, 0.3) is 0 Å². The minimum absolute atomic E-state index is 0.229. The quantitative estimate of drug-likeness (QED) is 0.783. The van der Waals surface area contributed by atoms with E-state index in [0.717, 1.165) is 37.7 Å². The number of aryl methyl sites for hydroxylation is 1. The van der Waals surface area contributed by atoms with Gasteiger partial charge in [0.05, 0.1) is 0 Å². The lowest BCUT2D eigenvalue weighted by molar-refractivity contribution is 0.383. The predicted molar refractivity (Wildman–Crippen MR) is 60.8 cm³/mol. The van der Waals surface area contributed by atoms with Crippen LogP contribution in [-0.4, -0.2) is 29.6 Å². The van der Waals surface area contributed by atoms with Gasteiger partial charge in [-0.3, -0.25) is 0 Å². The standard InChI is InChI=1S/C11H18N4/c1-9-3-5-13-10(14-9)15-6-4-11(2,7-12)8-15/h3,5H,4,6-8,12H2,1-2H3. The van der Waals surface area contributed by atoms with Gasteiger partial charge in [0.15, 0.2) is 0 Å². The minimum Gasteiger partial charge on any atom is -0.340 e. The molecule has 0 amide bonds. The highest BCUT2D eigenvalue weighted by atomic mass is 15.3. The van der Waals surface area contributed by atoms with E-state index >= 15 is 0 Å². The molecule has 1 unspecified atom stereocenters. The molecule has 2 heterocycles. The van der Waals surface area contributed by atoms with E-state index in [9.17, 15) is 0 Å². The lowest BCUT2D eigenvalue weighted by atomic mass is 9.90. The van der Waals surface area contributed by atoms with Crippen LogP contribution in [0.5, 0.6) is 0 Å². The van der Waals surface area contributed by atoms with E-state index in [0.29, 0.717) is 0 Å². The summed E-state index contributed by atoms with van der Waals surface area (Å²) in [4.78, 5) is 10.9. The molecule has 1 fully saturated rings. The van der Waals surface area contributed by atoms with Crippen molar-refractivity contribution in [2.24, 2.45) is 11.1 Å². The Hall–Kier alpha value is -1.16. The molecule has 4 heteroatoms. The van der Waals surface area contributed by atoms with E-state index in [1.807, 2.05) is 19.2 Å². The van der Waals surface area contributed by atoms with E-state index in [4.69, 9.17) is 5.73 Å². The number of rotatable bonds is 2. The molecule has 1 aromatic heterocycles. The molecule has 0 radical (unpaired) electrons. The highest BCUT2D eigenvalue weighted by molar-refractivity contribution is 5.32. The summed E-state index contributed by atoms with van der Waals surface area (Å²) >= 11 is 0. The van der Waals surface area contributed by atoms with Gasteiger partial charge < -0.3 is 10.6 Å². The molecule has 1 saturated heterocycles. The van der Waals surface area contributed by atoms with Crippen molar-refractivity contribution in [3.05, 3.63) is 18.0 Å². The van der Waals surface area contributed by atoms with Crippen molar-refractivity contribution >= 4 is 5.95 Å². The SMILES string of the molecule is Cc1ccnc(N2CCC(C)(CN)C2)n1. The Morgan fingerprint density at radius 3 is 3.00 bits per heavy atom. The van der Waals surface area contributed by atoms with E-state index < -0.39 is 0 Å². The van der Waals surface area contributed by atoms with Crippen LogP contribution in [0.1, 0.15) is 19.0 Å². The molecule has 2 N–H and O–H groups in total. The summed E-state index contributed by atoms with van der Waals surface area (Å²) in [7, 11) is 0. The molecule has 0 aliphatic carbocycles. The summed E-state index contributed by atoms with van der Waals surface area (Å²) in [6, 6.07) is 1.92. The first-order valence-corrected chi connectivity index (χ1v) is 5.38. The van der Waals surface area contributed by atoms with Crippen LogP contribution >= 0.6 is 0 Å². The Labute approximate surface area is 90.5 Å². The van der Waals surface area contributed by atoms with Crippen LogP contribution in [0, 0.1) is 12.3 Å². The van der Waals surface area contributed by atoms with Crippen molar-refractivity contribution in [1.82, 2.24) is 9.97 Å². The molecule has 15 heavy (non-hydrogen) atoms. The van der Waals surface area contributed by atoms with Crippen LogP contribution in [0.4, 0.5) is 5.95 Å². The smallest absolute Gasteiger partial charge is 0.225 e. The second-order valence-electron chi connectivity index (χ2n) is 4.68. The molecule has 2 rings (SSSR count). The average Bonchev–Trinajstić information content (AvgIpc) is 2.62. The van der Waals surface area contributed by atoms with E-state index in [-0.39, 0.29) is 5.41 Å². The molecule has 1 aliphatic rings. The van der Waals surface area contributed by atoms with Gasteiger partial charge in [-0.25, -0.2) is 9.97 Å². The van der Waals surface area contributed by atoms with Gasteiger partial charge in [-0.05, 0) is 31.4 Å². The molecule has 0 aromatic carbocycles. The fraction of sp³-hybridized carbons (Fsp3) is 0.636. The Bertz CT molecular complexity index is 352. The molecule has 1 atom stereocenters. The monoisotopic (exact) mass is 206 g/mol. The molecule has 0 bridgehead atoms. The Kier molecular flexibility index (Phi) is 2.61. The molecule has 0 spiro atoms. The highest BCUT2D eigenvalue weighted by Crippen LogP contribution is 2.30. The average molecular weight is 206 g/mol. The van der Waals surface area contributed by atoms with Gasteiger partial charge in [-0.2, -0.15) is 0 Å². The first-order valence-electron chi connectivity index (χ1n) is 5.38. The van der Waals surface area contributed by atoms with Crippen molar-refractivity contribution in [2.45, 2.75) is 20.3 Å². The zero-order valence-electron chi connectivity index (χ0n) is 9.40. The zero-order chi connectivity index (χ0) is 10.9. The Morgan fingerprint density at radius 2 is 2.40 bits per heavy atom. The van der Waals surface area contributed by atoms with Crippen molar-refractivity contribution < 1.29 is 0 Å². The predicted octanol–water partition coefficient (Wildman–Crippen LogP) is 0.960. The lowest BCUT2D eigenvalue weighted by Gasteiger charge is -2.22. The van der Waals surface area contributed by atoms with Gasteiger partial charge in [-0.15, -0.1) is 0 Å². The van der Waals surface area contributed by atoms with E-state index in [1.165, 1.54) is 0 Å². The largest absolute Gasteiger partial charge is 0.340 e. The number of aromatic nitrogens is 2. The van der Waals surface area contributed by atoms with Gasteiger partial charge in [0.2, 0.25) is 5.95 Å². The maximum Gasteiger partial charge on any atom is 0.225 e. The second-order valence-corrected chi connectivity index (χ2v) is 4.68. The number of hydrogen-bond donors (Lipinski definition) is 1. The van der Waals surface area contributed by atoms with Crippen molar-refractivity contribution in [3.63, 3.8) is 0 Å². The van der Waals surface area contributed by atoms with Gasteiger partial charge in [0, 0.05) is 25.0 Å². The number of nitrogens with two attached hydrogens (primary N) is 1. The minimum atomic E-state index is 0.229. The van der Waals surface area contributed by atoms with Crippen LogP contribution in [0.25, 0.3) is 0 Å². The van der Waals surface area contributed by atoms with Crippen molar-refractivity contribution in [2.75, 3.05) is 24.5 Å². The first kappa shape index (κ1) is 10.4. The van der Waals surface area contributed by atoms with Crippen LogP contribution in [-0.2, 0) is 0 Å². The lowest BCUT2D eigenvalue weighted by Crippen LogP contribution is -2.31. The Morgan fingerprint density at radius 1 is 1.60 bits per heavy atom. The molecule has 0 saturated carbocycles. The van der Waals surface area contributed by atoms with Gasteiger partial charge >= 0.3 is 0 Å². The van der Waals surface area contributed by atoms with Crippen molar-refractivity contribution in [1.29, 1.82) is 0 Å². The van der Waals surface area contributed by atoms with Crippen LogP contribution in [0.15, 0.2) is 12.3 Å². The highest BCUT2D eigenvalue weighted by Gasteiger charge is 2.33. The maximum atomic E-state index is 5.77. The fourth-order valence-electron chi connectivity index (χ4n) is 1.95. The van der Waals surface area contributed by atoms with E-state index in [1.54, 1.807) is 0 Å². The van der Waals surface area contributed by atoms with Crippen LogP contribution in [0.3, 0.4) is 0 Å². The molecule has 1 aliphatic heterocycles. The number of anilines is 1. The van der Waals surface area contributed by atoms with E-state index in [2.05, 4.69) is 21.8 Å². The first-order chi connectivity index (χ1) is 7.13. The molecule has 82 valence electrons. The summed E-state index contributed by atoms with van der Waals surface area (Å²) < 4.78 is 0. The number of hydrogen-bond acceptors (Lipinski definition) is 4. The third kappa shape index (κ3) is 2.09. The summed E-state index contributed by atoms with van der Waals surface area (Å²) in [5, 5.41) is 0. The fourth-order valence-corrected chi connectivity index (χ4v) is 1.95. The molecule has 4 nitrogen and oxygen atoms in total. The topological polar surface area (TPSA) is 55.0 Å². The summed E-state index contributed by atoms with van der Waals surface area (Å²) in [6.07, 6.45) is 2.94.